The van der Waals surface area contributed by atoms with E-state index in [9.17, 15) is 0 Å². The molecule has 0 heterocycles. The summed E-state index contributed by atoms with van der Waals surface area (Å²) in [4.78, 5) is 0. The molecule has 76 valence electrons. The highest BCUT2D eigenvalue weighted by Crippen LogP contribution is 2.15. The Labute approximate surface area is 86.4 Å². The van der Waals surface area contributed by atoms with Crippen molar-refractivity contribution in [2.45, 2.75) is 12.8 Å². The van der Waals surface area contributed by atoms with Crippen molar-refractivity contribution < 1.29 is 1.43 Å². The third-order valence-electron chi connectivity index (χ3n) is 2.16. The van der Waals surface area contributed by atoms with Crippen LogP contribution < -0.4 is 5.73 Å². The molecular formula is C12H18N2. The number of hydrogen-bond donors (Lipinski definition) is 2. The molecule has 1 atom stereocenters. The van der Waals surface area contributed by atoms with Gasteiger partial charge in [0, 0.05) is 19.6 Å². The fraction of sp³-hybridized carbons (Fsp3) is 0.250. The molecule has 0 aromatic heterocycles. The van der Waals surface area contributed by atoms with Crippen LogP contribution in [0.2, 0.25) is 0 Å². The summed E-state index contributed by atoms with van der Waals surface area (Å²) < 4.78 is 0. The number of benzene rings is 1. The molecule has 0 aliphatic rings. The van der Waals surface area contributed by atoms with Crippen molar-refractivity contribution in [1.82, 2.24) is 0 Å². The number of nitrogens with one attached hydrogen (secondary N) is 1. The predicted molar refractivity (Wildman–Crippen MR) is 62.9 cm³/mol. The van der Waals surface area contributed by atoms with Crippen LogP contribution in [0, 0.1) is 5.41 Å². The van der Waals surface area contributed by atoms with Gasteiger partial charge in [-0.15, -0.1) is 0 Å². The molecule has 0 spiro atoms. The van der Waals surface area contributed by atoms with Crippen LogP contribution in [0.1, 0.15) is 19.8 Å². The molecule has 14 heavy (non-hydrogen) atoms. The van der Waals surface area contributed by atoms with E-state index in [1.54, 1.807) is 6.08 Å². The Morgan fingerprint density at radius 1 is 1.50 bits per heavy atom. The minimum atomic E-state index is 0. The van der Waals surface area contributed by atoms with Crippen LogP contribution in [-0.2, 0) is 0 Å². The van der Waals surface area contributed by atoms with Crippen LogP contribution in [0.3, 0.4) is 0 Å². The Hall–Kier alpha value is -1.41. The Kier molecular flexibility index (Phi) is 4.08. The SMILES string of the molecule is C/C=C/C(=N)C(CN)c1ccccc1.[HH]. The standard InChI is InChI=1S/C12H16N2.H2/c1-2-6-12(14)11(9-13)10-7-4-3-5-8-10;/h2-8,11,14H,9,13H2,1H3;1H/b6-2+,14-12?;. The molecule has 1 aromatic rings. The lowest BCUT2D eigenvalue weighted by molar-refractivity contribution is 0.886. The van der Waals surface area contributed by atoms with Gasteiger partial charge in [-0.05, 0) is 18.6 Å². The summed E-state index contributed by atoms with van der Waals surface area (Å²) in [6.07, 6.45) is 3.67. The Bertz CT molecular complexity index is 320. The van der Waals surface area contributed by atoms with E-state index in [1.165, 1.54) is 0 Å². The molecule has 1 aromatic carbocycles. The summed E-state index contributed by atoms with van der Waals surface area (Å²) >= 11 is 0. The van der Waals surface area contributed by atoms with E-state index >= 15 is 0 Å². The summed E-state index contributed by atoms with van der Waals surface area (Å²) in [5.74, 6) is 0.0207. The first-order valence-corrected chi connectivity index (χ1v) is 4.75. The summed E-state index contributed by atoms with van der Waals surface area (Å²) in [6.45, 7) is 2.39. The molecule has 2 heteroatoms. The van der Waals surface area contributed by atoms with Crippen LogP contribution in [-0.4, -0.2) is 12.3 Å². The molecule has 0 bridgehead atoms. The molecule has 0 amide bonds. The Balaban J connectivity index is 0.00000196. The van der Waals surface area contributed by atoms with Gasteiger partial charge in [-0.2, -0.15) is 0 Å². The maximum Gasteiger partial charge on any atom is 0.0398 e. The van der Waals surface area contributed by atoms with Crippen LogP contribution in [0.5, 0.6) is 0 Å². The lowest BCUT2D eigenvalue weighted by Gasteiger charge is -2.13. The van der Waals surface area contributed by atoms with Crippen molar-refractivity contribution in [1.29, 1.82) is 5.41 Å². The number of allylic oxidation sites excluding steroid dienone is 2. The second kappa shape index (κ2) is 5.35. The monoisotopic (exact) mass is 190 g/mol. The molecule has 0 saturated heterocycles. The van der Waals surface area contributed by atoms with E-state index in [0.29, 0.717) is 12.3 Å². The van der Waals surface area contributed by atoms with Crippen molar-refractivity contribution in [3.63, 3.8) is 0 Å². The van der Waals surface area contributed by atoms with Gasteiger partial charge in [0.15, 0.2) is 0 Å². The molecule has 0 saturated carbocycles. The van der Waals surface area contributed by atoms with Gasteiger partial charge in [-0.1, -0.05) is 36.4 Å². The second-order valence-electron chi connectivity index (χ2n) is 3.15. The summed E-state index contributed by atoms with van der Waals surface area (Å²) in [6, 6.07) is 9.93. The highest BCUT2D eigenvalue weighted by molar-refractivity contribution is 5.97. The van der Waals surface area contributed by atoms with Crippen molar-refractivity contribution in [2.75, 3.05) is 6.54 Å². The Morgan fingerprint density at radius 3 is 2.64 bits per heavy atom. The second-order valence-corrected chi connectivity index (χ2v) is 3.15. The maximum absolute atomic E-state index is 7.82. The van der Waals surface area contributed by atoms with Crippen molar-refractivity contribution in [3.8, 4) is 0 Å². The highest BCUT2D eigenvalue weighted by atomic mass is 14.6. The smallest absolute Gasteiger partial charge is 0.0398 e. The van der Waals surface area contributed by atoms with E-state index < -0.39 is 0 Å². The molecule has 0 aliphatic carbocycles. The molecular weight excluding hydrogens is 172 g/mol. The average molecular weight is 190 g/mol. The summed E-state index contributed by atoms with van der Waals surface area (Å²) in [7, 11) is 0. The number of hydrogen-bond acceptors (Lipinski definition) is 2. The normalized spacial score (nSPS) is 13.0. The fourth-order valence-corrected chi connectivity index (χ4v) is 1.42. The molecule has 1 unspecified atom stereocenters. The minimum Gasteiger partial charge on any atom is -0.329 e. The number of nitrogens with two attached hydrogens (primary N) is 1. The molecule has 2 nitrogen and oxygen atoms in total. The van der Waals surface area contributed by atoms with Crippen LogP contribution in [0.15, 0.2) is 42.5 Å². The quantitative estimate of drug-likeness (QED) is 0.704. The van der Waals surface area contributed by atoms with Crippen molar-refractivity contribution >= 4 is 5.71 Å². The van der Waals surface area contributed by atoms with E-state index in [1.807, 2.05) is 43.3 Å². The minimum absolute atomic E-state index is 0. The van der Waals surface area contributed by atoms with Crippen molar-refractivity contribution in [2.24, 2.45) is 5.73 Å². The zero-order valence-corrected chi connectivity index (χ0v) is 8.40. The fourth-order valence-electron chi connectivity index (χ4n) is 1.42. The summed E-state index contributed by atoms with van der Waals surface area (Å²) in [5, 5.41) is 7.82. The van der Waals surface area contributed by atoms with Crippen LogP contribution in [0.25, 0.3) is 0 Å². The topological polar surface area (TPSA) is 49.9 Å². The van der Waals surface area contributed by atoms with E-state index in [-0.39, 0.29) is 7.34 Å². The van der Waals surface area contributed by atoms with Crippen molar-refractivity contribution in [3.05, 3.63) is 48.0 Å². The lowest BCUT2D eigenvalue weighted by Crippen LogP contribution is -2.19. The van der Waals surface area contributed by atoms with Gasteiger partial charge in [0.1, 0.15) is 0 Å². The van der Waals surface area contributed by atoms with Crippen LogP contribution in [0.4, 0.5) is 0 Å². The van der Waals surface area contributed by atoms with E-state index in [4.69, 9.17) is 11.1 Å². The first-order valence-electron chi connectivity index (χ1n) is 4.75. The van der Waals surface area contributed by atoms with Gasteiger partial charge in [0.25, 0.3) is 0 Å². The highest BCUT2D eigenvalue weighted by Gasteiger charge is 2.11. The first kappa shape index (κ1) is 10.7. The predicted octanol–water partition coefficient (Wildman–Crippen LogP) is 2.57. The maximum atomic E-state index is 7.82. The third-order valence-corrected chi connectivity index (χ3v) is 2.16. The van der Waals surface area contributed by atoms with Crippen LogP contribution >= 0.6 is 0 Å². The van der Waals surface area contributed by atoms with Gasteiger partial charge < -0.3 is 11.1 Å². The first-order chi connectivity index (χ1) is 6.79. The molecule has 1 rings (SSSR count). The van der Waals surface area contributed by atoms with Gasteiger partial charge in [0.05, 0.1) is 0 Å². The zero-order chi connectivity index (χ0) is 10.4. The molecule has 0 fully saturated rings. The lowest BCUT2D eigenvalue weighted by atomic mass is 9.94. The van der Waals surface area contributed by atoms with Gasteiger partial charge in [-0.3, -0.25) is 0 Å². The molecule has 3 N–H and O–H groups in total. The third kappa shape index (κ3) is 2.54. The molecule has 0 radical (unpaired) electrons. The average Bonchev–Trinajstić information content (AvgIpc) is 2.21. The molecule has 0 aliphatic heterocycles. The van der Waals surface area contributed by atoms with Gasteiger partial charge in [-0.25, -0.2) is 0 Å². The van der Waals surface area contributed by atoms with E-state index in [2.05, 4.69) is 0 Å². The van der Waals surface area contributed by atoms with Gasteiger partial charge in [0.2, 0.25) is 0 Å². The number of rotatable bonds is 4. The van der Waals surface area contributed by atoms with Gasteiger partial charge >= 0.3 is 0 Å². The zero-order valence-electron chi connectivity index (χ0n) is 8.40. The Morgan fingerprint density at radius 2 is 2.14 bits per heavy atom. The summed E-state index contributed by atoms with van der Waals surface area (Å²) in [5.41, 5.74) is 7.34. The largest absolute Gasteiger partial charge is 0.329 e. The van der Waals surface area contributed by atoms with E-state index in [0.717, 1.165) is 5.56 Å².